The Morgan fingerprint density at radius 3 is 2.35 bits per heavy atom. The van der Waals surface area contributed by atoms with Crippen LogP contribution >= 0.6 is 12.4 Å². The van der Waals surface area contributed by atoms with Crippen LogP contribution in [-0.4, -0.2) is 69.6 Å². The van der Waals surface area contributed by atoms with E-state index < -0.39 is 10.0 Å². The molecule has 120 valence electrons. The Bertz CT molecular complexity index is 395. The third kappa shape index (κ3) is 6.39. The Balaban J connectivity index is 0.00000361. The normalized spacial score (nSPS) is 17.1. The molecule has 0 aromatic rings. The van der Waals surface area contributed by atoms with Crippen molar-refractivity contribution in [1.29, 1.82) is 0 Å². The van der Waals surface area contributed by atoms with Crippen molar-refractivity contribution in [2.75, 3.05) is 46.0 Å². The third-order valence-corrected chi connectivity index (χ3v) is 4.84. The van der Waals surface area contributed by atoms with Crippen molar-refractivity contribution in [3.05, 3.63) is 0 Å². The number of likely N-dealkylation sites (tertiary alicyclic amines) is 1. The van der Waals surface area contributed by atoms with Gasteiger partial charge in [-0.1, -0.05) is 6.92 Å². The fourth-order valence-electron chi connectivity index (χ4n) is 2.14. The minimum atomic E-state index is -3.28. The summed E-state index contributed by atoms with van der Waals surface area (Å²) >= 11 is 0. The Morgan fingerprint density at radius 1 is 1.35 bits per heavy atom. The quantitative estimate of drug-likeness (QED) is 0.754. The summed E-state index contributed by atoms with van der Waals surface area (Å²) in [6, 6.07) is 0. The molecule has 20 heavy (non-hydrogen) atoms. The molecule has 0 bridgehead atoms. The number of carbonyl (C=O) groups excluding carboxylic acids is 1. The van der Waals surface area contributed by atoms with Gasteiger partial charge in [-0.15, -0.1) is 12.4 Å². The van der Waals surface area contributed by atoms with E-state index in [0.717, 1.165) is 49.6 Å². The Kier molecular flexibility index (Phi) is 8.65. The average Bonchev–Trinajstić information content (AvgIpc) is 2.35. The molecule has 1 rings (SSSR count). The maximum absolute atomic E-state index is 12.0. The van der Waals surface area contributed by atoms with Gasteiger partial charge < -0.3 is 10.2 Å². The molecule has 0 spiro atoms. The Morgan fingerprint density at radius 2 is 1.90 bits per heavy atom. The molecule has 1 amide bonds. The average molecular weight is 328 g/mol. The first-order chi connectivity index (χ1) is 8.84. The summed E-state index contributed by atoms with van der Waals surface area (Å²) in [5, 5.41) is 3.32. The predicted octanol–water partition coefficient (Wildman–Crippen LogP) is 0.148. The molecule has 0 aromatic heterocycles. The molecule has 1 aliphatic heterocycles. The minimum Gasteiger partial charge on any atom is -0.342 e. The molecule has 0 aliphatic carbocycles. The van der Waals surface area contributed by atoms with Crippen molar-refractivity contribution < 1.29 is 13.2 Å². The van der Waals surface area contributed by atoms with Crippen LogP contribution in [0.3, 0.4) is 0 Å². The molecule has 0 atom stereocenters. The second kappa shape index (κ2) is 8.81. The lowest BCUT2D eigenvalue weighted by atomic mass is 9.97. The number of hydrogen-bond donors (Lipinski definition) is 1. The summed E-state index contributed by atoms with van der Waals surface area (Å²) in [6.07, 6.45) is 3.09. The van der Waals surface area contributed by atoms with Crippen molar-refractivity contribution in [3.63, 3.8) is 0 Å². The first-order valence-corrected chi connectivity index (χ1v) is 8.59. The number of nitrogens with zero attached hydrogens (tertiary/aromatic N) is 2. The summed E-state index contributed by atoms with van der Waals surface area (Å²) in [5.74, 6) is 0.520. The first kappa shape index (κ1) is 19.6. The second-order valence-corrected chi connectivity index (χ2v) is 7.24. The van der Waals surface area contributed by atoms with Crippen LogP contribution < -0.4 is 5.32 Å². The van der Waals surface area contributed by atoms with E-state index in [9.17, 15) is 13.2 Å². The van der Waals surface area contributed by atoms with E-state index in [4.69, 9.17) is 0 Å². The lowest BCUT2D eigenvalue weighted by molar-refractivity contribution is -0.132. The van der Waals surface area contributed by atoms with Crippen molar-refractivity contribution in [2.45, 2.75) is 19.8 Å². The fraction of sp³-hybridized carbons (Fsp3) is 0.917. The van der Waals surface area contributed by atoms with Gasteiger partial charge in [-0.25, -0.2) is 8.42 Å². The molecule has 0 aromatic carbocycles. The molecule has 8 heteroatoms. The largest absolute Gasteiger partial charge is 0.342 e. The number of piperidine rings is 1. The molecule has 1 aliphatic rings. The third-order valence-electron chi connectivity index (χ3n) is 3.57. The van der Waals surface area contributed by atoms with Gasteiger partial charge in [0.2, 0.25) is 15.9 Å². The minimum absolute atomic E-state index is 0. The van der Waals surface area contributed by atoms with Gasteiger partial charge in [0, 0.05) is 20.1 Å². The van der Waals surface area contributed by atoms with E-state index >= 15 is 0 Å². The van der Waals surface area contributed by atoms with E-state index in [1.54, 1.807) is 4.90 Å². The summed E-state index contributed by atoms with van der Waals surface area (Å²) in [7, 11) is -1.85. The van der Waals surface area contributed by atoms with E-state index in [1.165, 1.54) is 7.05 Å². The van der Waals surface area contributed by atoms with Crippen LogP contribution in [0.15, 0.2) is 0 Å². The van der Waals surface area contributed by atoms with Crippen LogP contribution in [-0.2, 0) is 14.8 Å². The van der Waals surface area contributed by atoms with Gasteiger partial charge in [0.15, 0.2) is 0 Å². The van der Waals surface area contributed by atoms with E-state index in [2.05, 4.69) is 12.2 Å². The van der Waals surface area contributed by atoms with Gasteiger partial charge in [-0.2, -0.15) is 4.31 Å². The second-order valence-electron chi connectivity index (χ2n) is 5.15. The monoisotopic (exact) mass is 327 g/mol. The Labute approximate surface area is 128 Å². The summed E-state index contributed by atoms with van der Waals surface area (Å²) in [6.45, 7) is 5.45. The van der Waals surface area contributed by atoms with Crippen LogP contribution in [0, 0.1) is 5.92 Å². The predicted molar refractivity (Wildman–Crippen MR) is 82.6 cm³/mol. The van der Waals surface area contributed by atoms with Crippen molar-refractivity contribution >= 4 is 28.3 Å². The van der Waals surface area contributed by atoms with Crippen molar-refractivity contribution in [1.82, 2.24) is 14.5 Å². The number of carbonyl (C=O) groups is 1. The molecule has 1 N–H and O–H groups in total. The maximum atomic E-state index is 12.0. The molecule has 0 saturated carbocycles. The number of rotatable bonds is 6. The zero-order chi connectivity index (χ0) is 14.5. The number of sulfonamides is 1. The van der Waals surface area contributed by atoms with Crippen LogP contribution in [0.4, 0.5) is 0 Å². The number of hydrogen-bond acceptors (Lipinski definition) is 4. The Hall–Kier alpha value is -0.370. The maximum Gasteiger partial charge on any atom is 0.237 e. The molecule has 1 saturated heterocycles. The zero-order valence-corrected chi connectivity index (χ0v) is 14.1. The van der Waals surface area contributed by atoms with Crippen LogP contribution in [0.1, 0.15) is 19.8 Å². The summed E-state index contributed by atoms with van der Waals surface area (Å²) in [4.78, 5) is 13.7. The molecule has 6 nitrogen and oxygen atoms in total. The van der Waals surface area contributed by atoms with Gasteiger partial charge >= 0.3 is 0 Å². The summed E-state index contributed by atoms with van der Waals surface area (Å²) in [5.41, 5.74) is 0. The van der Waals surface area contributed by atoms with E-state index in [-0.39, 0.29) is 24.9 Å². The fourth-order valence-corrected chi connectivity index (χ4v) is 2.49. The van der Waals surface area contributed by atoms with Crippen LogP contribution in [0.5, 0.6) is 0 Å². The van der Waals surface area contributed by atoms with Gasteiger partial charge in [-0.05, 0) is 31.8 Å². The molecule has 0 unspecified atom stereocenters. The number of nitrogens with one attached hydrogen (secondary N) is 1. The number of amides is 1. The van der Waals surface area contributed by atoms with Crippen molar-refractivity contribution in [3.8, 4) is 0 Å². The van der Waals surface area contributed by atoms with Crippen LogP contribution in [0.2, 0.25) is 0 Å². The molecule has 0 radical (unpaired) electrons. The SMILES string of the molecule is CCNCC1CCN(C(=O)CN(C)S(C)(=O)=O)CC1.Cl. The highest BCUT2D eigenvalue weighted by Gasteiger charge is 2.24. The molecular weight excluding hydrogens is 302 g/mol. The highest BCUT2D eigenvalue weighted by molar-refractivity contribution is 7.88. The highest BCUT2D eigenvalue weighted by atomic mass is 35.5. The van der Waals surface area contributed by atoms with E-state index in [1.807, 2.05) is 0 Å². The summed E-state index contributed by atoms with van der Waals surface area (Å²) < 4.78 is 23.6. The van der Waals surface area contributed by atoms with Gasteiger partial charge in [0.1, 0.15) is 0 Å². The van der Waals surface area contributed by atoms with E-state index in [0.29, 0.717) is 5.92 Å². The zero-order valence-electron chi connectivity index (χ0n) is 12.5. The van der Waals surface area contributed by atoms with Crippen molar-refractivity contribution in [2.24, 2.45) is 5.92 Å². The lowest BCUT2D eigenvalue weighted by Crippen LogP contribution is -2.45. The van der Waals surface area contributed by atoms with Crippen LogP contribution in [0.25, 0.3) is 0 Å². The standard InChI is InChI=1S/C12H25N3O3S.ClH/c1-4-13-9-11-5-7-15(8-6-11)12(16)10-14(2)19(3,17)18;/h11,13H,4-10H2,1-3H3;1H. The van der Waals surface area contributed by atoms with Gasteiger partial charge in [0.25, 0.3) is 0 Å². The van der Waals surface area contributed by atoms with Gasteiger partial charge in [-0.3, -0.25) is 4.79 Å². The van der Waals surface area contributed by atoms with Gasteiger partial charge in [0.05, 0.1) is 12.8 Å². The smallest absolute Gasteiger partial charge is 0.237 e. The topological polar surface area (TPSA) is 69.7 Å². The number of likely N-dealkylation sites (N-methyl/N-ethyl adjacent to an activating group) is 1. The highest BCUT2D eigenvalue weighted by Crippen LogP contribution is 2.16. The molecule has 1 fully saturated rings. The lowest BCUT2D eigenvalue weighted by Gasteiger charge is -2.32. The number of halogens is 1. The first-order valence-electron chi connectivity index (χ1n) is 6.74. The molecular formula is C12H26ClN3O3S. The molecule has 1 heterocycles.